The van der Waals surface area contributed by atoms with Crippen LogP contribution in [0.3, 0.4) is 0 Å². The van der Waals surface area contributed by atoms with Crippen molar-refractivity contribution in [2.75, 3.05) is 13.1 Å². The SMILES string of the molecule is O=C(c1noc2c1CC(NCc1ccc(F)cc1)CC2)N1CCCC1. The number of fused-ring (bicyclic) bond motifs is 1. The second-order valence-electron chi connectivity index (χ2n) is 6.88. The minimum atomic E-state index is -0.222. The molecule has 132 valence electrons. The summed E-state index contributed by atoms with van der Waals surface area (Å²) in [4.78, 5) is 14.5. The Hall–Kier alpha value is -2.21. The van der Waals surface area contributed by atoms with Crippen molar-refractivity contribution in [2.24, 2.45) is 0 Å². The second-order valence-corrected chi connectivity index (χ2v) is 6.88. The Morgan fingerprint density at radius 3 is 2.80 bits per heavy atom. The van der Waals surface area contributed by atoms with Crippen molar-refractivity contribution in [3.8, 4) is 0 Å². The van der Waals surface area contributed by atoms with E-state index in [4.69, 9.17) is 4.52 Å². The third-order valence-corrected chi connectivity index (χ3v) is 5.14. The molecule has 5 nitrogen and oxygen atoms in total. The molecule has 0 saturated carbocycles. The van der Waals surface area contributed by atoms with Gasteiger partial charge in [-0.2, -0.15) is 0 Å². The number of aromatic nitrogens is 1. The van der Waals surface area contributed by atoms with Crippen molar-refractivity contribution in [1.29, 1.82) is 0 Å². The van der Waals surface area contributed by atoms with Crippen molar-refractivity contribution >= 4 is 5.91 Å². The highest BCUT2D eigenvalue weighted by atomic mass is 19.1. The minimum Gasteiger partial charge on any atom is -0.360 e. The average Bonchev–Trinajstić information content (AvgIpc) is 3.30. The summed E-state index contributed by atoms with van der Waals surface area (Å²) in [7, 11) is 0. The first-order valence-electron chi connectivity index (χ1n) is 8.95. The lowest BCUT2D eigenvalue weighted by molar-refractivity contribution is 0.0781. The fourth-order valence-electron chi connectivity index (χ4n) is 3.68. The average molecular weight is 343 g/mol. The smallest absolute Gasteiger partial charge is 0.276 e. The Kier molecular flexibility index (Phi) is 4.53. The Balaban J connectivity index is 1.42. The van der Waals surface area contributed by atoms with Gasteiger partial charge < -0.3 is 14.7 Å². The molecule has 1 unspecified atom stereocenters. The van der Waals surface area contributed by atoms with Gasteiger partial charge in [0.25, 0.3) is 5.91 Å². The first-order valence-corrected chi connectivity index (χ1v) is 8.95. The topological polar surface area (TPSA) is 58.4 Å². The standard InChI is InChI=1S/C19H22FN3O2/c20-14-5-3-13(4-6-14)12-21-15-7-8-17-16(11-15)18(22-25-17)19(24)23-9-1-2-10-23/h3-6,15,21H,1-2,7-12H2. The fraction of sp³-hybridized carbons (Fsp3) is 0.474. The largest absolute Gasteiger partial charge is 0.360 e. The number of hydrogen-bond donors (Lipinski definition) is 1. The predicted octanol–water partition coefficient (Wildman–Crippen LogP) is 2.70. The predicted molar refractivity (Wildman–Crippen MR) is 90.7 cm³/mol. The van der Waals surface area contributed by atoms with E-state index in [0.29, 0.717) is 12.2 Å². The Bertz CT molecular complexity index is 751. The number of carbonyl (C=O) groups excluding carboxylic acids is 1. The van der Waals surface area contributed by atoms with Gasteiger partial charge in [0.2, 0.25) is 0 Å². The van der Waals surface area contributed by atoms with E-state index in [1.807, 2.05) is 4.90 Å². The van der Waals surface area contributed by atoms with Crippen molar-refractivity contribution in [2.45, 2.75) is 44.7 Å². The van der Waals surface area contributed by atoms with Gasteiger partial charge in [0, 0.05) is 37.7 Å². The molecule has 1 aromatic heterocycles. The van der Waals surface area contributed by atoms with Crippen LogP contribution < -0.4 is 5.32 Å². The maximum absolute atomic E-state index is 13.0. The van der Waals surface area contributed by atoms with Crippen LogP contribution in [-0.4, -0.2) is 35.1 Å². The molecular formula is C19H22FN3O2. The van der Waals surface area contributed by atoms with Crippen molar-refractivity contribution in [1.82, 2.24) is 15.4 Å². The quantitative estimate of drug-likeness (QED) is 0.927. The number of nitrogens with zero attached hydrogens (tertiary/aromatic N) is 2. The monoisotopic (exact) mass is 343 g/mol. The highest BCUT2D eigenvalue weighted by Gasteiger charge is 2.31. The molecule has 6 heteroatoms. The number of rotatable bonds is 4. The van der Waals surface area contributed by atoms with Crippen molar-refractivity contribution < 1.29 is 13.7 Å². The van der Waals surface area contributed by atoms with E-state index in [1.54, 1.807) is 12.1 Å². The third kappa shape index (κ3) is 3.44. The van der Waals surface area contributed by atoms with Gasteiger partial charge in [-0.1, -0.05) is 17.3 Å². The summed E-state index contributed by atoms with van der Waals surface area (Å²) in [5.41, 5.74) is 2.50. The molecule has 1 amide bonds. The van der Waals surface area contributed by atoms with Crippen molar-refractivity contribution in [3.05, 3.63) is 52.7 Å². The van der Waals surface area contributed by atoms with Gasteiger partial charge in [0.15, 0.2) is 5.69 Å². The molecule has 4 rings (SSSR count). The molecule has 1 atom stereocenters. The number of carbonyl (C=O) groups is 1. The van der Waals surface area contributed by atoms with Gasteiger partial charge in [0.1, 0.15) is 11.6 Å². The van der Waals surface area contributed by atoms with E-state index in [-0.39, 0.29) is 17.8 Å². The van der Waals surface area contributed by atoms with Crippen LogP contribution in [0.4, 0.5) is 4.39 Å². The molecule has 0 radical (unpaired) electrons. The van der Waals surface area contributed by atoms with Crippen LogP contribution in [0.2, 0.25) is 0 Å². The molecule has 25 heavy (non-hydrogen) atoms. The molecule has 1 aliphatic heterocycles. The molecule has 0 bridgehead atoms. The first-order chi connectivity index (χ1) is 12.2. The third-order valence-electron chi connectivity index (χ3n) is 5.14. The number of benzene rings is 1. The number of halogens is 1. The first kappa shape index (κ1) is 16.3. The van der Waals surface area contributed by atoms with Gasteiger partial charge in [-0.15, -0.1) is 0 Å². The molecule has 1 aliphatic carbocycles. The molecule has 1 aromatic carbocycles. The molecule has 1 fully saturated rings. The minimum absolute atomic E-state index is 0.00156. The zero-order valence-corrected chi connectivity index (χ0v) is 14.1. The Morgan fingerprint density at radius 1 is 1.28 bits per heavy atom. The van der Waals surface area contributed by atoms with Crippen LogP contribution in [0.1, 0.15) is 46.6 Å². The molecule has 1 N–H and O–H groups in total. The van der Waals surface area contributed by atoms with Crippen LogP contribution in [0.15, 0.2) is 28.8 Å². The lowest BCUT2D eigenvalue weighted by atomic mass is 9.91. The molecule has 1 saturated heterocycles. The van der Waals surface area contributed by atoms with E-state index in [9.17, 15) is 9.18 Å². The van der Waals surface area contributed by atoms with Crippen LogP contribution in [0.5, 0.6) is 0 Å². The van der Waals surface area contributed by atoms with Gasteiger partial charge in [-0.05, 0) is 43.4 Å². The Labute approximate surface area is 146 Å². The Morgan fingerprint density at radius 2 is 2.04 bits per heavy atom. The summed E-state index contributed by atoms with van der Waals surface area (Å²) >= 11 is 0. The zero-order valence-electron chi connectivity index (χ0n) is 14.1. The van der Waals surface area contributed by atoms with E-state index >= 15 is 0 Å². The van der Waals surface area contributed by atoms with E-state index in [1.165, 1.54) is 12.1 Å². The lowest BCUT2D eigenvalue weighted by Gasteiger charge is -2.23. The number of amides is 1. The fourth-order valence-corrected chi connectivity index (χ4v) is 3.68. The summed E-state index contributed by atoms with van der Waals surface area (Å²) in [6.07, 6.45) is 4.60. The number of likely N-dealkylation sites (tertiary alicyclic amines) is 1. The molecule has 2 aromatic rings. The maximum Gasteiger partial charge on any atom is 0.276 e. The van der Waals surface area contributed by atoms with E-state index in [0.717, 1.165) is 62.1 Å². The van der Waals surface area contributed by atoms with Gasteiger partial charge >= 0.3 is 0 Å². The number of aryl methyl sites for hydroxylation is 1. The van der Waals surface area contributed by atoms with Crippen LogP contribution in [0.25, 0.3) is 0 Å². The number of nitrogens with one attached hydrogen (secondary N) is 1. The van der Waals surface area contributed by atoms with E-state index < -0.39 is 0 Å². The van der Waals surface area contributed by atoms with E-state index in [2.05, 4.69) is 10.5 Å². The van der Waals surface area contributed by atoms with Crippen LogP contribution >= 0.6 is 0 Å². The number of hydrogen-bond acceptors (Lipinski definition) is 4. The molecule has 0 spiro atoms. The molecule has 2 aliphatic rings. The summed E-state index contributed by atoms with van der Waals surface area (Å²) in [6.45, 7) is 2.31. The summed E-state index contributed by atoms with van der Waals surface area (Å²) in [5, 5.41) is 7.58. The van der Waals surface area contributed by atoms with Gasteiger partial charge in [-0.25, -0.2) is 4.39 Å². The summed E-state index contributed by atoms with van der Waals surface area (Å²) in [6, 6.07) is 6.80. The normalized spacial score (nSPS) is 19.9. The highest BCUT2D eigenvalue weighted by molar-refractivity contribution is 5.94. The van der Waals surface area contributed by atoms with Crippen molar-refractivity contribution in [3.63, 3.8) is 0 Å². The lowest BCUT2D eigenvalue weighted by Crippen LogP contribution is -2.35. The molecular weight excluding hydrogens is 321 g/mol. The van der Waals surface area contributed by atoms with Crippen LogP contribution in [0, 0.1) is 5.82 Å². The van der Waals surface area contributed by atoms with Gasteiger partial charge in [-0.3, -0.25) is 4.79 Å². The van der Waals surface area contributed by atoms with Crippen LogP contribution in [-0.2, 0) is 19.4 Å². The zero-order chi connectivity index (χ0) is 17.2. The molecule has 2 heterocycles. The van der Waals surface area contributed by atoms with Gasteiger partial charge in [0.05, 0.1) is 0 Å². The highest BCUT2D eigenvalue weighted by Crippen LogP contribution is 2.26. The summed E-state index contributed by atoms with van der Waals surface area (Å²) < 4.78 is 18.4. The maximum atomic E-state index is 13.0. The summed E-state index contributed by atoms with van der Waals surface area (Å²) in [5.74, 6) is 0.629. The second kappa shape index (κ2) is 6.96.